The predicted octanol–water partition coefficient (Wildman–Crippen LogP) is 6.71. The number of carboxylic acids is 1. The van der Waals surface area contributed by atoms with Crippen molar-refractivity contribution in [3.8, 4) is 0 Å². The number of carbonyl (C=O) groups excluding carboxylic acids is 2. The molecule has 4 heteroatoms. The number of aliphatic carboxylic acids is 1. The molecule has 2 saturated carbocycles. The number of Topliss-reactive ketones (excluding diaryl/α,β-unsaturated/α-hetero) is 2. The number of carbonyl (C=O) groups is 3. The van der Waals surface area contributed by atoms with E-state index in [-0.39, 0.29) is 27.9 Å². The van der Waals surface area contributed by atoms with Gasteiger partial charge in [-0.15, -0.1) is 0 Å². The first-order valence-corrected chi connectivity index (χ1v) is 13.0. The van der Waals surface area contributed by atoms with Crippen molar-refractivity contribution in [2.24, 2.45) is 39.4 Å². The monoisotopic (exact) mass is 466 g/mol. The Morgan fingerprint density at radius 3 is 2.41 bits per heavy atom. The van der Waals surface area contributed by atoms with Gasteiger partial charge in [-0.3, -0.25) is 14.4 Å². The minimum atomic E-state index is -0.849. The molecule has 186 valence electrons. The zero-order chi connectivity index (χ0) is 25.3. The van der Waals surface area contributed by atoms with E-state index in [1.54, 1.807) is 0 Å². The van der Waals surface area contributed by atoms with Crippen molar-refractivity contribution >= 4 is 17.5 Å². The standard InChI is InChI=1S/C30H42O4/c1-18(2)9-8-10-19(26(33)34)25-22(31)17-30(7)21-11-12-23-27(3,4)24(32)14-15-28(23,5)20(21)13-16-29(25,30)6/h9,11,13,19,23,25H,8,10,12,14-17H2,1-7H3,(H,33,34). The lowest BCUT2D eigenvalue weighted by Crippen LogP contribution is -2.53. The molecule has 0 aromatic rings. The summed E-state index contributed by atoms with van der Waals surface area (Å²) in [6.07, 6.45) is 11.3. The SMILES string of the molecule is CC(C)=CCCC(C(=O)O)C1C(=O)CC2(C)C3=CCC4C(C)(C)C(=O)CCC4(C)C3=CCC12C. The summed E-state index contributed by atoms with van der Waals surface area (Å²) in [5.74, 6) is -1.27. The molecule has 4 rings (SSSR count). The van der Waals surface area contributed by atoms with Gasteiger partial charge in [0.25, 0.3) is 0 Å². The molecule has 4 aliphatic carbocycles. The largest absolute Gasteiger partial charge is 0.481 e. The van der Waals surface area contributed by atoms with Gasteiger partial charge in [-0.2, -0.15) is 0 Å². The second-order valence-electron chi connectivity index (χ2n) is 13.0. The molecule has 4 aliphatic rings. The Kier molecular flexibility index (Phi) is 5.94. The molecule has 6 atom stereocenters. The number of fused-ring (bicyclic) bond motifs is 5. The van der Waals surface area contributed by atoms with E-state index in [1.807, 2.05) is 13.8 Å². The van der Waals surface area contributed by atoms with Crippen LogP contribution in [0.3, 0.4) is 0 Å². The first kappa shape index (κ1) is 25.1. The second-order valence-corrected chi connectivity index (χ2v) is 13.0. The number of hydrogen-bond donors (Lipinski definition) is 1. The lowest BCUT2D eigenvalue weighted by atomic mass is 9.44. The average Bonchev–Trinajstić information content (AvgIpc) is 2.94. The van der Waals surface area contributed by atoms with E-state index in [4.69, 9.17) is 0 Å². The van der Waals surface area contributed by atoms with Crippen LogP contribution in [-0.4, -0.2) is 22.6 Å². The topological polar surface area (TPSA) is 71.4 Å². The summed E-state index contributed by atoms with van der Waals surface area (Å²) in [4.78, 5) is 38.8. The normalized spacial score (nSPS) is 39.3. The van der Waals surface area contributed by atoms with E-state index >= 15 is 0 Å². The maximum Gasteiger partial charge on any atom is 0.307 e. The van der Waals surface area contributed by atoms with E-state index in [0.29, 0.717) is 31.5 Å². The number of allylic oxidation sites excluding steroid dienone is 6. The minimum Gasteiger partial charge on any atom is -0.481 e. The highest BCUT2D eigenvalue weighted by atomic mass is 16.4. The van der Waals surface area contributed by atoms with Crippen molar-refractivity contribution < 1.29 is 19.5 Å². The number of rotatable bonds is 5. The predicted molar refractivity (Wildman–Crippen MR) is 134 cm³/mol. The fourth-order valence-corrected chi connectivity index (χ4v) is 8.34. The molecule has 4 nitrogen and oxygen atoms in total. The van der Waals surface area contributed by atoms with Gasteiger partial charge in [-0.05, 0) is 73.8 Å². The maximum absolute atomic E-state index is 13.6. The Morgan fingerprint density at radius 1 is 1.12 bits per heavy atom. The van der Waals surface area contributed by atoms with Crippen LogP contribution in [0.1, 0.15) is 93.4 Å². The van der Waals surface area contributed by atoms with E-state index < -0.39 is 23.2 Å². The summed E-state index contributed by atoms with van der Waals surface area (Å²) in [7, 11) is 0. The van der Waals surface area contributed by atoms with Crippen LogP contribution in [0.4, 0.5) is 0 Å². The first-order chi connectivity index (χ1) is 15.7. The Balaban J connectivity index is 1.76. The quantitative estimate of drug-likeness (QED) is 0.457. The van der Waals surface area contributed by atoms with Gasteiger partial charge >= 0.3 is 5.97 Å². The molecule has 0 aliphatic heterocycles. The van der Waals surface area contributed by atoms with Gasteiger partial charge in [0, 0.05) is 29.6 Å². The van der Waals surface area contributed by atoms with Gasteiger partial charge in [0.1, 0.15) is 11.6 Å². The molecule has 0 spiro atoms. The highest BCUT2D eigenvalue weighted by Gasteiger charge is 2.66. The van der Waals surface area contributed by atoms with Crippen molar-refractivity contribution in [2.75, 3.05) is 0 Å². The van der Waals surface area contributed by atoms with Crippen molar-refractivity contribution in [1.82, 2.24) is 0 Å². The molecule has 0 aromatic carbocycles. The van der Waals surface area contributed by atoms with Gasteiger partial charge in [-0.1, -0.05) is 58.4 Å². The molecule has 0 radical (unpaired) electrons. The van der Waals surface area contributed by atoms with E-state index in [2.05, 4.69) is 52.8 Å². The van der Waals surface area contributed by atoms with Crippen LogP contribution in [0.25, 0.3) is 0 Å². The van der Waals surface area contributed by atoms with Gasteiger partial charge < -0.3 is 5.11 Å². The zero-order valence-corrected chi connectivity index (χ0v) is 22.1. The molecule has 0 amide bonds. The van der Waals surface area contributed by atoms with Crippen LogP contribution in [0.2, 0.25) is 0 Å². The van der Waals surface area contributed by atoms with Crippen molar-refractivity contribution in [3.05, 3.63) is 34.9 Å². The molecular formula is C30H42O4. The molecule has 0 heterocycles. The van der Waals surface area contributed by atoms with Crippen LogP contribution in [0, 0.1) is 39.4 Å². The first-order valence-electron chi connectivity index (χ1n) is 13.0. The molecule has 6 unspecified atom stereocenters. The third-order valence-corrected chi connectivity index (χ3v) is 10.6. The average molecular weight is 467 g/mol. The van der Waals surface area contributed by atoms with Gasteiger partial charge in [0.15, 0.2) is 0 Å². The third kappa shape index (κ3) is 3.34. The van der Waals surface area contributed by atoms with Crippen LogP contribution in [0.5, 0.6) is 0 Å². The van der Waals surface area contributed by atoms with E-state index in [1.165, 1.54) is 16.7 Å². The second kappa shape index (κ2) is 8.03. The van der Waals surface area contributed by atoms with Crippen LogP contribution in [-0.2, 0) is 14.4 Å². The van der Waals surface area contributed by atoms with Crippen LogP contribution < -0.4 is 0 Å². The summed E-state index contributed by atoms with van der Waals surface area (Å²) in [6, 6.07) is 0. The lowest BCUT2D eigenvalue weighted by Gasteiger charge is -2.59. The van der Waals surface area contributed by atoms with Crippen molar-refractivity contribution in [3.63, 3.8) is 0 Å². The molecule has 34 heavy (non-hydrogen) atoms. The number of ketones is 2. The smallest absolute Gasteiger partial charge is 0.307 e. The fourth-order valence-electron chi connectivity index (χ4n) is 8.34. The third-order valence-electron chi connectivity index (χ3n) is 10.6. The summed E-state index contributed by atoms with van der Waals surface area (Å²) in [5.41, 5.74) is 2.53. The maximum atomic E-state index is 13.6. The number of hydrogen-bond acceptors (Lipinski definition) is 3. The molecule has 0 saturated heterocycles. The lowest BCUT2D eigenvalue weighted by molar-refractivity contribution is -0.149. The summed E-state index contributed by atoms with van der Waals surface area (Å²) < 4.78 is 0. The molecular weight excluding hydrogens is 424 g/mol. The molecule has 0 aromatic heterocycles. The fraction of sp³-hybridized carbons (Fsp3) is 0.700. The van der Waals surface area contributed by atoms with E-state index in [9.17, 15) is 19.5 Å². The summed E-state index contributed by atoms with van der Waals surface area (Å²) >= 11 is 0. The van der Waals surface area contributed by atoms with Crippen LogP contribution in [0.15, 0.2) is 34.9 Å². The minimum absolute atomic E-state index is 0.0807. The van der Waals surface area contributed by atoms with Crippen molar-refractivity contribution in [1.29, 1.82) is 0 Å². The van der Waals surface area contributed by atoms with Gasteiger partial charge in [-0.25, -0.2) is 0 Å². The Bertz CT molecular complexity index is 1020. The summed E-state index contributed by atoms with van der Waals surface area (Å²) in [5, 5.41) is 10.2. The Labute approximate surface area is 205 Å². The Morgan fingerprint density at radius 2 is 1.79 bits per heavy atom. The summed E-state index contributed by atoms with van der Waals surface area (Å²) in [6.45, 7) is 14.9. The molecule has 2 fully saturated rings. The molecule has 1 N–H and O–H groups in total. The van der Waals surface area contributed by atoms with Gasteiger partial charge in [0.2, 0.25) is 0 Å². The molecule has 0 bridgehead atoms. The van der Waals surface area contributed by atoms with Crippen molar-refractivity contribution in [2.45, 2.75) is 93.4 Å². The van der Waals surface area contributed by atoms with Gasteiger partial charge in [0.05, 0.1) is 5.92 Å². The Hall–Kier alpha value is -1.97. The number of carboxylic acid groups (broad SMARTS) is 1. The highest BCUT2D eigenvalue weighted by Crippen LogP contribution is 2.70. The zero-order valence-electron chi connectivity index (χ0n) is 22.1. The van der Waals surface area contributed by atoms with E-state index in [0.717, 1.165) is 19.3 Å². The highest BCUT2D eigenvalue weighted by molar-refractivity contribution is 5.91. The van der Waals surface area contributed by atoms with Crippen LogP contribution >= 0.6 is 0 Å².